The molecule has 0 saturated carbocycles. The zero-order chi connectivity index (χ0) is 17.1. The average molecular weight is 334 g/mol. The van der Waals surface area contributed by atoms with Gasteiger partial charge in [0, 0.05) is 22.3 Å². The molecule has 3 N–H and O–H groups in total. The minimum absolute atomic E-state index is 0.136. The van der Waals surface area contributed by atoms with E-state index in [1.165, 1.54) is 18.2 Å². The van der Waals surface area contributed by atoms with Gasteiger partial charge in [-0.25, -0.2) is 0 Å². The molecule has 0 bridgehead atoms. The van der Waals surface area contributed by atoms with Crippen molar-refractivity contribution in [3.63, 3.8) is 0 Å². The van der Waals surface area contributed by atoms with Crippen LogP contribution in [0, 0.1) is 17.0 Å². The summed E-state index contributed by atoms with van der Waals surface area (Å²) in [6, 6.07) is 8.40. The number of nitrogens with one attached hydrogen (secondary N) is 1. The number of halogens is 1. The molecule has 2 rings (SSSR count). The fourth-order valence-corrected chi connectivity index (χ4v) is 2.24. The Hall–Kier alpha value is -2.93. The van der Waals surface area contributed by atoms with Gasteiger partial charge >= 0.3 is 0 Å². The van der Waals surface area contributed by atoms with Crippen LogP contribution in [0.3, 0.4) is 0 Å². The maximum Gasteiger partial charge on any atom is 0.283 e. The molecule has 8 heteroatoms. The van der Waals surface area contributed by atoms with Crippen molar-refractivity contribution in [3.8, 4) is 0 Å². The standard InChI is InChI=1S/C15H12ClN3O4/c1-8-10(14(17)20)3-2-4-12(8)18-15(21)11-6-5-9(16)7-13(11)19(22)23/h2-7H,1H3,(H2,17,20)(H,18,21). The second-order valence-electron chi connectivity index (χ2n) is 4.72. The maximum absolute atomic E-state index is 12.3. The molecule has 0 radical (unpaired) electrons. The van der Waals surface area contributed by atoms with Crippen molar-refractivity contribution < 1.29 is 14.5 Å². The maximum atomic E-state index is 12.3. The molecule has 2 aromatic carbocycles. The van der Waals surface area contributed by atoms with Gasteiger partial charge in [0.05, 0.1) is 4.92 Å². The van der Waals surface area contributed by atoms with E-state index in [0.29, 0.717) is 11.3 Å². The van der Waals surface area contributed by atoms with Gasteiger partial charge in [-0.15, -0.1) is 0 Å². The second-order valence-corrected chi connectivity index (χ2v) is 5.15. The largest absolute Gasteiger partial charge is 0.366 e. The van der Waals surface area contributed by atoms with Crippen LogP contribution >= 0.6 is 11.6 Å². The van der Waals surface area contributed by atoms with Gasteiger partial charge in [0.15, 0.2) is 0 Å². The highest BCUT2D eigenvalue weighted by Crippen LogP contribution is 2.25. The van der Waals surface area contributed by atoms with E-state index in [2.05, 4.69) is 5.32 Å². The summed E-state index contributed by atoms with van der Waals surface area (Å²) in [4.78, 5) is 34.0. The van der Waals surface area contributed by atoms with E-state index >= 15 is 0 Å². The van der Waals surface area contributed by atoms with Crippen molar-refractivity contribution in [2.75, 3.05) is 5.32 Å². The summed E-state index contributed by atoms with van der Waals surface area (Å²) in [5.74, 6) is -1.31. The number of rotatable bonds is 4. The molecule has 0 aliphatic heterocycles. The SMILES string of the molecule is Cc1c(NC(=O)c2ccc(Cl)cc2[N+](=O)[O-])cccc1C(N)=O. The lowest BCUT2D eigenvalue weighted by Crippen LogP contribution is -2.17. The lowest BCUT2D eigenvalue weighted by Gasteiger charge is -2.11. The third kappa shape index (κ3) is 3.46. The number of nitrogens with zero attached hydrogens (tertiary/aromatic N) is 1. The van der Waals surface area contributed by atoms with Crippen LogP contribution in [0.25, 0.3) is 0 Å². The summed E-state index contributed by atoms with van der Waals surface area (Å²) >= 11 is 5.72. The first kappa shape index (κ1) is 16.4. The van der Waals surface area contributed by atoms with E-state index in [1.54, 1.807) is 19.1 Å². The fourth-order valence-electron chi connectivity index (χ4n) is 2.08. The van der Waals surface area contributed by atoms with Gasteiger partial charge in [-0.1, -0.05) is 17.7 Å². The quantitative estimate of drug-likeness (QED) is 0.661. The average Bonchev–Trinajstić information content (AvgIpc) is 2.48. The smallest absolute Gasteiger partial charge is 0.283 e. The Morgan fingerprint density at radius 2 is 1.91 bits per heavy atom. The van der Waals surface area contributed by atoms with Crippen LogP contribution in [-0.2, 0) is 0 Å². The Bertz CT molecular complexity index is 820. The van der Waals surface area contributed by atoms with Gasteiger partial charge in [-0.05, 0) is 36.8 Å². The van der Waals surface area contributed by atoms with E-state index in [4.69, 9.17) is 17.3 Å². The number of hydrogen-bond donors (Lipinski definition) is 2. The lowest BCUT2D eigenvalue weighted by atomic mass is 10.1. The van der Waals surface area contributed by atoms with E-state index in [-0.39, 0.29) is 16.1 Å². The minimum Gasteiger partial charge on any atom is -0.366 e. The Morgan fingerprint density at radius 1 is 1.22 bits per heavy atom. The van der Waals surface area contributed by atoms with Gasteiger partial charge in [-0.2, -0.15) is 0 Å². The zero-order valence-electron chi connectivity index (χ0n) is 12.0. The third-order valence-corrected chi connectivity index (χ3v) is 3.48. The monoisotopic (exact) mass is 333 g/mol. The van der Waals surface area contributed by atoms with Crippen molar-refractivity contribution in [2.45, 2.75) is 6.92 Å². The summed E-state index contributed by atoms with van der Waals surface area (Å²) in [5, 5.41) is 13.7. The summed E-state index contributed by atoms with van der Waals surface area (Å²) in [6.07, 6.45) is 0. The van der Waals surface area contributed by atoms with Crippen LogP contribution in [0.15, 0.2) is 36.4 Å². The summed E-state index contributed by atoms with van der Waals surface area (Å²) in [5.41, 5.74) is 5.79. The molecule has 7 nitrogen and oxygen atoms in total. The minimum atomic E-state index is -0.687. The number of carbonyl (C=O) groups is 2. The Balaban J connectivity index is 2.39. The number of primary amides is 1. The number of nitrogens with two attached hydrogens (primary N) is 1. The van der Waals surface area contributed by atoms with Gasteiger partial charge in [0.25, 0.3) is 11.6 Å². The predicted octanol–water partition coefficient (Wildman–Crippen LogP) is 2.91. The topological polar surface area (TPSA) is 115 Å². The molecular weight excluding hydrogens is 322 g/mol. The number of amides is 2. The van der Waals surface area contributed by atoms with Crippen LogP contribution in [-0.4, -0.2) is 16.7 Å². The Morgan fingerprint density at radius 3 is 2.52 bits per heavy atom. The molecule has 0 unspecified atom stereocenters. The van der Waals surface area contributed by atoms with E-state index in [1.807, 2.05) is 0 Å². The summed E-state index contributed by atoms with van der Waals surface area (Å²) < 4.78 is 0. The molecule has 2 aromatic rings. The normalized spacial score (nSPS) is 10.2. The first-order valence-corrected chi connectivity index (χ1v) is 6.83. The number of nitro benzene ring substituents is 1. The first-order chi connectivity index (χ1) is 10.8. The molecule has 0 atom stereocenters. The van der Waals surface area contributed by atoms with Crippen molar-refractivity contribution in [1.82, 2.24) is 0 Å². The van der Waals surface area contributed by atoms with Gasteiger partial charge in [-0.3, -0.25) is 19.7 Å². The Labute approximate surface area is 136 Å². The molecule has 0 heterocycles. The molecule has 0 fully saturated rings. The van der Waals surface area contributed by atoms with E-state index < -0.39 is 22.4 Å². The number of benzene rings is 2. The van der Waals surface area contributed by atoms with Gasteiger partial charge in [0.2, 0.25) is 5.91 Å². The van der Waals surface area contributed by atoms with Gasteiger partial charge < -0.3 is 11.1 Å². The van der Waals surface area contributed by atoms with Crippen LogP contribution in [0.5, 0.6) is 0 Å². The lowest BCUT2D eigenvalue weighted by molar-refractivity contribution is -0.385. The van der Waals surface area contributed by atoms with Crippen molar-refractivity contribution in [2.24, 2.45) is 5.73 Å². The molecule has 0 saturated heterocycles. The van der Waals surface area contributed by atoms with Crippen molar-refractivity contribution in [3.05, 3.63) is 68.2 Å². The molecule has 0 aromatic heterocycles. The molecule has 118 valence electrons. The second kappa shape index (κ2) is 6.45. The number of hydrogen-bond acceptors (Lipinski definition) is 4. The van der Waals surface area contributed by atoms with Crippen LogP contribution in [0.4, 0.5) is 11.4 Å². The van der Waals surface area contributed by atoms with Crippen LogP contribution in [0.1, 0.15) is 26.3 Å². The van der Waals surface area contributed by atoms with Crippen molar-refractivity contribution in [1.29, 1.82) is 0 Å². The molecule has 0 aliphatic rings. The molecule has 23 heavy (non-hydrogen) atoms. The highest BCUT2D eigenvalue weighted by atomic mass is 35.5. The first-order valence-electron chi connectivity index (χ1n) is 6.46. The third-order valence-electron chi connectivity index (χ3n) is 3.25. The summed E-state index contributed by atoms with van der Waals surface area (Å²) in [7, 11) is 0. The molecule has 0 spiro atoms. The summed E-state index contributed by atoms with van der Waals surface area (Å²) in [6.45, 7) is 1.62. The van der Waals surface area contributed by atoms with Crippen molar-refractivity contribution >= 4 is 34.8 Å². The highest BCUT2D eigenvalue weighted by Gasteiger charge is 2.21. The van der Waals surface area contributed by atoms with Crippen LogP contribution < -0.4 is 11.1 Å². The van der Waals surface area contributed by atoms with Crippen LogP contribution in [0.2, 0.25) is 5.02 Å². The van der Waals surface area contributed by atoms with Gasteiger partial charge in [0.1, 0.15) is 5.56 Å². The number of nitro groups is 1. The molecular formula is C15H12ClN3O4. The molecule has 0 aliphatic carbocycles. The number of anilines is 1. The Kier molecular flexibility index (Phi) is 4.61. The fraction of sp³-hybridized carbons (Fsp3) is 0.0667. The predicted molar refractivity (Wildman–Crippen MR) is 85.8 cm³/mol. The molecule has 2 amide bonds. The number of carbonyl (C=O) groups excluding carboxylic acids is 2. The zero-order valence-corrected chi connectivity index (χ0v) is 12.8. The van der Waals surface area contributed by atoms with E-state index in [0.717, 1.165) is 6.07 Å². The highest BCUT2D eigenvalue weighted by molar-refractivity contribution is 6.31. The van der Waals surface area contributed by atoms with E-state index in [9.17, 15) is 19.7 Å².